The normalized spacial score (nSPS) is 11.9. The Bertz CT molecular complexity index is 536. The summed E-state index contributed by atoms with van der Waals surface area (Å²) >= 11 is 0. The van der Waals surface area contributed by atoms with Crippen LogP contribution in [0.4, 0.5) is 0 Å². The third-order valence-electron chi connectivity index (χ3n) is 3.57. The molecule has 0 saturated heterocycles. The van der Waals surface area contributed by atoms with Gasteiger partial charge in [-0.1, -0.05) is 40.0 Å². The van der Waals surface area contributed by atoms with Crippen molar-refractivity contribution in [1.82, 2.24) is 15.6 Å². The van der Waals surface area contributed by atoms with Crippen LogP contribution >= 0.6 is 0 Å². The van der Waals surface area contributed by atoms with Gasteiger partial charge in [0.2, 0.25) is 0 Å². The molecule has 3 nitrogen and oxygen atoms in total. The molecule has 0 fully saturated rings. The molecule has 0 unspecified atom stereocenters. The summed E-state index contributed by atoms with van der Waals surface area (Å²) in [5.74, 6) is 0. The first-order valence-corrected chi connectivity index (χ1v) is 7.81. The van der Waals surface area contributed by atoms with Gasteiger partial charge in [-0.2, -0.15) is 0 Å². The summed E-state index contributed by atoms with van der Waals surface area (Å²) in [5.41, 5.74) is 4.17. The molecule has 2 N–H and O–H groups in total. The van der Waals surface area contributed by atoms with Gasteiger partial charge in [-0.05, 0) is 44.2 Å². The van der Waals surface area contributed by atoms with Crippen LogP contribution in [0.25, 0.3) is 0 Å². The maximum Gasteiger partial charge on any atom is 0.0705 e. The molecule has 0 bridgehead atoms. The van der Waals surface area contributed by atoms with Crippen LogP contribution in [-0.4, -0.2) is 10.5 Å². The van der Waals surface area contributed by atoms with E-state index in [2.05, 4.69) is 76.4 Å². The monoisotopic (exact) mass is 301 g/mol. The molecule has 0 radical (unpaired) electrons. The molecular formula is C19H31N3. The van der Waals surface area contributed by atoms with Crippen molar-refractivity contribution < 1.29 is 0 Å². The fourth-order valence-corrected chi connectivity index (χ4v) is 2.32. The molecule has 1 rings (SSSR count). The van der Waals surface area contributed by atoms with E-state index in [0.717, 1.165) is 23.5 Å². The standard InChI is InChI=1S/C19H31N3/c1-14-10-9-11-20-17(14)13-21-16(3)19(7,8)22-15(2)12-18(4,5)6/h9-11,21-22H,2-3,12-13H2,1,4-8H3. The quantitative estimate of drug-likeness (QED) is 0.788. The summed E-state index contributed by atoms with van der Waals surface area (Å²) in [6, 6.07) is 4.02. The van der Waals surface area contributed by atoms with E-state index in [1.165, 1.54) is 5.56 Å². The summed E-state index contributed by atoms with van der Waals surface area (Å²) in [6.07, 6.45) is 2.75. The minimum absolute atomic E-state index is 0.222. The van der Waals surface area contributed by atoms with Crippen LogP contribution in [0.1, 0.15) is 52.3 Å². The van der Waals surface area contributed by atoms with E-state index in [1.54, 1.807) is 0 Å². The summed E-state index contributed by atoms with van der Waals surface area (Å²) in [6.45, 7) is 21.9. The molecule has 0 aromatic carbocycles. The molecule has 3 heteroatoms. The third kappa shape index (κ3) is 5.92. The number of nitrogens with zero attached hydrogens (tertiary/aromatic N) is 1. The molecule has 1 aromatic rings. The van der Waals surface area contributed by atoms with Crippen molar-refractivity contribution in [3.63, 3.8) is 0 Å². The number of aryl methyl sites for hydroxylation is 1. The Morgan fingerprint density at radius 3 is 2.36 bits per heavy atom. The predicted molar refractivity (Wildman–Crippen MR) is 95.4 cm³/mol. The average Bonchev–Trinajstić information content (AvgIpc) is 2.34. The molecule has 0 spiro atoms. The van der Waals surface area contributed by atoms with E-state index in [-0.39, 0.29) is 11.0 Å². The molecule has 0 atom stereocenters. The lowest BCUT2D eigenvalue weighted by Crippen LogP contribution is -2.45. The summed E-state index contributed by atoms with van der Waals surface area (Å²) in [4.78, 5) is 4.40. The van der Waals surface area contributed by atoms with Crippen molar-refractivity contribution in [2.75, 3.05) is 0 Å². The van der Waals surface area contributed by atoms with Gasteiger partial charge >= 0.3 is 0 Å². The minimum atomic E-state index is -0.259. The molecule has 0 saturated carbocycles. The van der Waals surface area contributed by atoms with Gasteiger partial charge in [-0.15, -0.1) is 0 Å². The van der Waals surface area contributed by atoms with E-state index in [4.69, 9.17) is 0 Å². The number of pyridine rings is 1. The highest BCUT2D eigenvalue weighted by molar-refractivity contribution is 5.20. The Labute approximate surface area is 135 Å². The van der Waals surface area contributed by atoms with E-state index < -0.39 is 0 Å². The van der Waals surface area contributed by atoms with Gasteiger partial charge in [-0.3, -0.25) is 4.98 Å². The molecule has 0 aliphatic heterocycles. The van der Waals surface area contributed by atoms with Gasteiger partial charge in [0.25, 0.3) is 0 Å². The summed E-state index contributed by atoms with van der Waals surface area (Å²) in [7, 11) is 0. The minimum Gasteiger partial charge on any atom is -0.381 e. The van der Waals surface area contributed by atoms with Crippen LogP contribution in [0.3, 0.4) is 0 Å². The zero-order valence-corrected chi connectivity index (χ0v) is 15.0. The summed E-state index contributed by atoms with van der Waals surface area (Å²) in [5, 5.41) is 6.87. The Morgan fingerprint density at radius 2 is 1.82 bits per heavy atom. The highest BCUT2D eigenvalue weighted by Gasteiger charge is 2.23. The number of allylic oxidation sites excluding steroid dienone is 1. The van der Waals surface area contributed by atoms with Crippen LogP contribution in [0.5, 0.6) is 0 Å². The second kappa shape index (κ2) is 6.99. The SMILES string of the molecule is C=C(CC(C)(C)C)NC(C)(C)C(=C)NCc1ncccc1C. The second-order valence-electron chi connectivity index (χ2n) is 7.69. The highest BCUT2D eigenvalue weighted by atomic mass is 15.0. The Balaban J connectivity index is 2.59. The third-order valence-corrected chi connectivity index (χ3v) is 3.57. The number of hydrogen-bond donors (Lipinski definition) is 2. The Morgan fingerprint density at radius 1 is 1.18 bits per heavy atom. The van der Waals surface area contributed by atoms with Crippen molar-refractivity contribution >= 4 is 0 Å². The van der Waals surface area contributed by atoms with Crippen molar-refractivity contribution in [1.29, 1.82) is 0 Å². The van der Waals surface area contributed by atoms with Crippen molar-refractivity contribution in [3.05, 3.63) is 54.1 Å². The number of nitrogens with one attached hydrogen (secondary N) is 2. The second-order valence-corrected chi connectivity index (χ2v) is 7.69. The first kappa shape index (κ1) is 18.3. The lowest BCUT2D eigenvalue weighted by molar-refractivity contribution is 0.373. The zero-order chi connectivity index (χ0) is 17.0. The van der Waals surface area contributed by atoms with Crippen molar-refractivity contribution in [3.8, 4) is 0 Å². The van der Waals surface area contributed by atoms with Gasteiger partial charge in [0.15, 0.2) is 0 Å². The largest absolute Gasteiger partial charge is 0.381 e. The maximum absolute atomic E-state index is 4.40. The van der Waals surface area contributed by atoms with Crippen LogP contribution < -0.4 is 10.6 Å². The molecular weight excluding hydrogens is 270 g/mol. The Kier molecular flexibility index (Phi) is 5.81. The van der Waals surface area contributed by atoms with Gasteiger partial charge in [-0.25, -0.2) is 0 Å². The number of rotatable bonds is 7. The van der Waals surface area contributed by atoms with E-state index in [0.29, 0.717) is 6.54 Å². The smallest absolute Gasteiger partial charge is 0.0705 e. The van der Waals surface area contributed by atoms with Crippen LogP contribution in [0, 0.1) is 12.3 Å². The number of aromatic nitrogens is 1. The fourth-order valence-electron chi connectivity index (χ4n) is 2.32. The molecule has 1 heterocycles. The molecule has 0 aliphatic rings. The Hall–Kier alpha value is -1.77. The predicted octanol–water partition coefficient (Wildman–Crippen LogP) is 4.31. The molecule has 0 aliphatic carbocycles. The molecule has 22 heavy (non-hydrogen) atoms. The van der Waals surface area contributed by atoms with Crippen LogP contribution in [0.15, 0.2) is 42.9 Å². The number of hydrogen-bond acceptors (Lipinski definition) is 3. The van der Waals surface area contributed by atoms with Crippen molar-refractivity contribution in [2.24, 2.45) is 5.41 Å². The van der Waals surface area contributed by atoms with E-state index in [9.17, 15) is 0 Å². The first-order chi connectivity index (χ1) is 10.0. The van der Waals surface area contributed by atoms with Gasteiger partial charge in [0, 0.05) is 17.6 Å². The zero-order valence-electron chi connectivity index (χ0n) is 15.0. The van der Waals surface area contributed by atoms with Gasteiger partial charge in [0.05, 0.1) is 17.8 Å². The van der Waals surface area contributed by atoms with Gasteiger partial charge < -0.3 is 10.6 Å². The molecule has 1 aromatic heterocycles. The summed E-state index contributed by atoms with van der Waals surface area (Å²) < 4.78 is 0. The van der Waals surface area contributed by atoms with Crippen molar-refractivity contribution in [2.45, 2.75) is 60.0 Å². The fraction of sp³-hybridized carbons (Fsp3) is 0.526. The maximum atomic E-state index is 4.40. The topological polar surface area (TPSA) is 37.0 Å². The van der Waals surface area contributed by atoms with Gasteiger partial charge in [0.1, 0.15) is 0 Å². The van der Waals surface area contributed by atoms with E-state index in [1.807, 2.05) is 12.3 Å². The first-order valence-electron chi connectivity index (χ1n) is 7.81. The van der Waals surface area contributed by atoms with Crippen LogP contribution in [0.2, 0.25) is 0 Å². The lowest BCUT2D eigenvalue weighted by atomic mass is 9.89. The van der Waals surface area contributed by atoms with Crippen LogP contribution in [-0.2, 0) is 6.54 Å². The highest BCUT2D eigenvalue weighted by Crippen LogP contribution is 2.24. The lowest BCUT2D eigenvalue weighted by Gasteiger charge is -2.33. The molecule has 122 valence electrons. The van der Waals surface area contributed by atoms with E-state index >= 15 is 0 Å². The molecule has 0 amide bonds. The average molecular weight is 301 g/mol.